The molecule has 24 heavy (non-hydrogen) atoms. The van der Waals surface area contributed by atoms with Crippen LogP contribution in [0.4, 0.5) is 0 Å². The van der Waals surface area contributed by atoms with Gasteiger partial charge >= 0.3 is 0 Å². The third-order valence-electron chi connectivity index (χ3n) is 4.37. The van der Waals surface area contributed by atoms with Crippen LogP contribution in [0, 0.1) is 0 Å². The van der Waals surface area contributed by atoms with E-state index in [-0.39, 0.29) is 18.2 Å². The van der Waals surface area contributed by atoms with E-state index >= 15 is 0 Å². The Morgan fingerprint density at radius 3 is 2.46 bits per heavy atom. The second-order valence-electron chi connectivity index (χ2n) is 6.22. The van der Waals surface area contributed by atoms with E-state index in [1.807, 2.05) is 19.2 Å². The molecule has 0 radical (unpaired) electrons. The number of ether oxygens (including phenoxy) is 1. The maximum Gasteiger partial charge on any atom is 0.279 e. The van der Waals surface area contributed by atoms with Crippen LogP contribution in [-0.2, 0) is 14.9 Å². The number of rotatable bonds is 8. The molecule has 138 valence electrons. The van der Waals surface area contributed by atoms with Gasteiger partial charge in [-0.2, -0.15) is 24.1 Å². The average Bonchev–Trinajstić information content (AvgIpc) is 3.04. The summed E-state index contributed by atoms with van der Waals surface area (Å²) in [6, 6.07) is 2.12. The quantitative estimate of drug-likeness (QED) is 0.756. The van der Waals surface area contributed by atoms with Crippen molar-refractivity contribution in [3.05, 3.63) is 22.4 Å². The van der Waals surface area contributed by atoms with Crippen molar-refractivity contribution in [2.24, 2.45) is 0 Å². The Bertz CT molecular complexity index is 578. The molecule has 0 aromatic carbocycles. The molecule has 1 aliphatic rings. The van der Waals surface area contributed by atoms with Crippen LogP contribution in [0.1, 0.15) is 39.3 Å². The molecular formula is C16H29N3O3S2. The van der Waals surface area contributed by atoms with Crippen LogP contribution in [0.2, 0.25) is 0 Å². The highest BCUT2D eigenvalue weighted by Gasteiger charge is 2.31. The van der Waals surface area contributed by atoms with Gasteiger partial charge in [0.25, 0.3) is 10.2 Å². The van der Waals surface area contributed by atoms with E-state index in [9.17, 15) is 8.42 Å². The van der Waals surface area contributed by atoms with E-state index in [1.165, 1.54) is 4.31 Å². The number of nitrogens with one attached hydrogen (secondary N) is 1. The minimum atomic E-state index is -3.51. The Labute approximate surface area is 150 Å². The summed E-state index contributed by atoms with van der Waals surface area (Å²) in [6.07, 6.45) is -0.165. The maximum atomic E-state index is 12.7. The largest absolute Gasteiger partial charge is 0.373 e. The SMILES string of the molecule is CCN(CC)[C@H](CNS(=O)(=O)N1C[C@@H](C)O[C@@H](C)C1)c1ccsc1. The molecule has 1 aliphatic heterocycles. The Hall–Kier alpha value is -0.510. The van der Waals surface area contributed by atoms with Gasteiger partial charge in [0.2, 0.25) is 0 Å². The van der Waals surface area contributed by atoms with Crippen LogP contribution in [0.3, 0.4) is 0 Å². The Morgan fingerprint density at radius 1 is 1.33 bits per heavy atom. The van der Waals surface area contributed by atoms with E-state index in [1.54, 1.807) is 11.3 Å². The third kappa shape index (κ3) is 5.00. The molecule has 0 bridgehead atoms. The molecule has 2 rings (SSSR count). The highest BCUT2D eigenvalue weighted by molar-refractivity contribution is 7.87. The molecule has 1 saturated heterocycles. The van der Waals surface area contributed by atoms with Gasteiger partial charge in [0.05, 0.1) is 12.2 Å². The highest BCUT2D eigenvalue weighted by Crippen LogP contribution is 2.23. The molecule has 1 N–H and O–H groups in total. The lowest BCUT2D eigenvalue weighted by atomic mass is 10.1. The Balaban J connectivity index is 2.07. The standard InChI is InChI=1S/C16H29N3O3S2/c1-5-18(6-2)16(15-7-8-23-12-15)9-17-24(20,21)19-10-13(3)22-14(4)11-19/h7-8,12-14,16-17H,5-6,9-11H2,1-4H3/t13-,14+,16-/m1/s1. The first-order chi connectivity index (χ1) is 11.4. The molecule has 0 spiro atoms. The van der Waals surface area contributed by atoms with Crippen molar-refractivity contribution in [1.29, 1.82) is 0 Å². The fourth-order valence-electron chi connectivity index (χ4n) is 3.19. The summed E-state index contributed by atoms with van der Waals surface area (Å²) in [6.45, 7) is 10.9. The van der Waals surface area contributed by atoms with Gasteiger partial charge in [-0.1, -0.05) is 13.8 Å². The van der Waals surface area contributed by atoms with Crippen LogP contribution in [0.5, 0.6) is 0 Å². The summed E-state index contributed by atoms with van der Waals surface area (Å²) < 4.78 is 35.3. The van der Waals surface area contributed by atoms with Crippen molar-refractivity contribution >= 4 is 21.5 Å². The first-order valence-corrected chi connectivity index (χ1v) is 10.9. The van der Waals surface area contributed by atoms with Gasteiger partial charge < -0.3 is 4.74 Å². The molecule has 1 aromatic rings. The summed E-state index contributed by atoms with van der Waals surface area (Å²) >= 11 is 1.64. The van der Waals surface area contributed by atoms with Crippen molar-refractivity contribution in [2.45, 2.75) is 45.9 Å². The number of likely N-dealkylation sites (N-methyl/N-ethyl adjacent to an activating group) is 1. The van der Waals surface area contributed by atoms with Gasteiger partial charge in [-0.05, 0) is 49.3 Å². The monoisotopic (exact) mass is 375 g/mol. The lowest BCUT2D eigenvalue weighted by Crippen LogP contribution is -2.53. The van der Waals surface area contributed by atoms with E-state index in [0.29, 0.717) is 19.6 Å². The molecule has 0 unspecified atom stereocenters. The first-order valence-electron chi connectivity index (χ1n) is 8.53. The van der Waals surface area contributed by atoms with Crippen LogP contribution >= 0.6 is 11.3 Å². The zero-order chi connectivity index (χ0) is 17.7. The van der Waals surface area contributed by atoms with Gasteiger partial charge in [0.15, 0.2) is 0 Å². The van der Waals surface area contributed by atoms with Crippen molar-refractivity contribution in [3.8, 4) is 0 Å². The second kappa shape index (κ2) is 8.73. The molecule has 2 heterocycles. The zero-order valence-corrected chi connectivity index (χ0v) is 16.6. The van der Waals surface area contributed by atoms with Gasteiger partial charge in [0, 0.05) is 25.7 Å². The fraction of sp³-hybridized carbons (Fsp3) is 0.750. The van der Waals surface area contributed by atoms with Gasteiger partial charge in [0.1, 0.15) is 0 Å². The number of hydrogen-bond acceptors (Lipinski definition) is 5. The molecule has 3 atom stereocenters. The minimum Gasteiger partial charge on any atom is -0.373 e. The van der Waals surface area contributed by atoms with E-state index in [2.05, 4.69) is 34.9 Å². The molecule has 1 aromatic heterocycles. The summed E-state index contributed by atoms with van der Waals surface area (Å²) in [7, 11) is -3.51. The summed E-state index contributed by atoms with van der Waals surface area (Å²) in [5.41, 5.74) is 1.16. The molecular weight excluding hydrogens is 346 g/mol. The number of hydrogen-bond donors (Lipinski definition) is 1. The predicted octanol–water partition coefficient (Wildman–Crippen LogP) is 2.07. The molecule has 0 saturated carbocycles. The van der Waals surface area contributed by atoms with Crippen LogP contribution < -0.4 is 4.72 Å². The summed E-state index contributed by atoms with van der Waals surface area (Å²) in [5, 5.41) is 4.13. The average molecular weight is 376 g/mol. The maximum absolute atomic E-state index is 12.7. The van der Waals surface area contributed by atoms with Crippen LogP contribution in [-0.4, -0.2) is 62.6 Å². The number of nitrogens with zero attached hydrogens (tertiary/aromatic N) is 2. The lowest BCUT2D eigenvalue weighted by molar-refractivity contribution is -0.0444. The van der Waals surface area contributed by atoms with E-state index < -0.39 is 10.2 Å². The summed E-state index contributed by atoms with van der Waals surface area (Å²) in [5.74, 6) is 0. The number of morpholine rings is 1. The molecule has 0 aliphatic carbocycles. The van der Waals surface area contributed by atoms with Crippen molar-refractivity contribution in [1.82, 2.24) is 13.9 Å². The molecule has 8 heteroatoms. The van der Waals surface area contributed by atoms with Crippen LogP contribution in [0.25, 0.3) is 0 Å². The smallest absolute Gasteiger partial charge is 0.279 e. The topological polar surface area (TPSA) is 61.9 Å². The van der Waals surface area contributed by atoms with E-state index in [0.717, 1.165) is 18.7 Å². The Morgan fingerprint density at radius 2 is 1.96 bits per heavy atom. The highest BCUT2D eigenvalue weighted by atomic mass is 32.2. The second-order valence-corrected chi connectivity index (χ2v) is 8.76. The van der Waals surface area contributed by atoms with Crippen molar-refractivity contribution < 1.29 is 13.2 Å². The fourth-order valence-corrected chi connectivity index (χ4v) is 5.26. The first kappa shape index (κ1) is 19.8. The summed E-state index contributed by atoms with van der Waals surface area (Å²) in [4.78, 5) is 2.27. The van der Waals surface area contributed by atoms with Gasteiger partial charge in [-0.25, -0.2) is 4.72 Å². The van der Waals surface area contributed by atoms with Gasteiger partial charge in [-0.15, -0.1) is 0 Å². The van der Waals surface area contributed by atoms with Crippen molar-refractivity contribution in [3.63, 3.8) is 0 Å². The zero-order valence-electron chi connectivity index (χ0n) is 14.9. The third-order valence-corrected chi connectivity index (χ3v) is 6.58. The minimum absolute atomic E-state index is 0.0527. The van der Waals surface area contributed by atoms with E-state index in [4.69, 9.17) is 4.74 Å². The normalized spacial score (nSPS) is 24.4. The van der Waals surface area contributed by atoms with Crippen LogP contribution in [0.15, 0.2) is 16.8 Å². The predicted molar refractivity (Wildman–Crippen MR) is 98.5 cm³/mol. The lowest BCUT2D eigenvalue weighted by Gasteiger charge is -2.35. The number of thiophene rings is 1. The molecule has 1 fully saturated rings. The van der Waals surface area contributed by atoms with Gasteiger partial charge in [-0.3, -0.25) is 4.90 Å². The molecule has 0 amide bonds. The molecule has 6 nitrogen and oxygen atoms in total. The van der Waals surface area contributed by atoms with Crippen molar-refractivity contribution in [2.75, 3.05) is 32.7 Å². The Kier molecular flexibility index (Phi) is 7.21.